The molecule has 2 saturated heterocycles. The number of hydrogen-bond acceptors (Lipinski definition) is 5. The van der Waals surface area contributed by atoms with E-state index < -0.39 is 15.2 Å². The molecule has 0 aromatic heterocycles. The number of carbonyl (C=O) groups is 1. The molecule has 18 heavy (non-hydrogen) atoms. The maximum atomic E-state index is 12.4. The molecule has 0 saturated carbocycles. The molecule has 1 N–H and O–H groups in total. The normalized spacial score (nSPS) is 29.5. The van der Waals surface area contributed by atoms with Crippen LogP contribution in [-0.2, 0) is 14.6 Å². The summed E-state index contributed by atoms with van der Waals surface area (Å²) in [6.45, 7) is 3.04. The van der Waals surface area contributed by atoms with E-state index >= 15 is 0 Å². The predicted octanol–water partition coefficient (Wildman–Crippen LogP) is 0.0746. The Labute approximate surface area is 113 Å². The van der Waals surface area contributed by atoms with Gasteiger partial charge in [0.1, 0.15) is 5.37 Å². The number of thioether (sulfide) groups is 1. The van der Waals surface area contributed by atoms with Crippen LogP contribution in [0.25, 0.3) is 0 Å². The van der Waals surface area contributed by atoms with E-state index in [1.54, 1.807) is 23.6 Å². The van der Waals surface area contributed by atoms with E-state index in [2.05, 4.69) is 5.32 Å². The lowest BCUT2D eigenvalue weighted by Crippen LogP contribution is -2.55. The van der Waals surface area contributed by atoms with Crippen molar-refractivity contribution in [3.63, 3.8) is 0 Å². The molecule has 0 aromatic rings. The molecule has 2 aliphatic rings. The fourth-order valence-electron chi connectivity index (χ4n) is 2.42. The van der Waals surface area contributed by atoms with Crippen molar-refractivity contribution < 1.29 is 13.2 Å². The van der Waals surface area contributed by atoms with Crippen molar-refractivity contribution >= 4 is 27.5 Å². The summed E-state index contributed by atoms with van der Waals surface area (Å²) in [6, 6.07) is -0.178. The molecule has 0 aromatic carbocycles. The zero-order chi connectivity index (χ0) is 13.2. The third-order valence-electron chi connectivity index (χ3n) is 3.54. The van der Waals surface area contributed by atoms with E-state index in [0.29, 0.717) is 12.3 Å². The van der Waals surface area contributed by atoms with Gasteiger partial charge in [0, 0.05) is 23.8 Å². The number of hydrogen-bond donors (Lipinski definition) is 1. The first-order chi connectivity index (χ1) is 8.56. The summed E-state index contributed by atoms with van der Waals surface area (Å²) in [5.74, 6) is 1.40. The van der Waals surface area contributed by atoms with E-state index in [0.717, 1.165) is 25.1 Å². The Bertz CT molecular complexity index is 405. The smallest absolute Gasteiger partial charge is 0.240 e. The second kappa shape index (κ2) is 5.79. The summed E-state index contributed by atoms with van der Waals surface area (Å²) in [5, 5.41) is 2.52. The van der Waals surface area contributed by atoms with E-state index in [4.69, 9.17) is 0 Å². The fraction of sp³-hybridized carbons (Fsp3) is 0.909. The Hall–Kier alpha value is -0.270. The maximum Gasteiger partial charge on any atom is 0.240 e. The van der Waals surface area contributed by atoms with Gasteiger partial charge in [-0.05, 0) is 19.4 Å². The quantitative estimate of drug-likeness (QED) is 0.798. The summed E-state index contributed by atoms with van der Waals surface area (Å²) < 4.78 is 24.1. The van der Waals surface area contributed by atoms with Crippen LogP contribution in [0.2, 0.25) is 0 Å². The van der Waals surface area contributed by atoms with Crippen LogP contribution in [0.15, 0.2) is 0 Å². The third kappa shape index (κ3) is 2.83. The topological polar surface area (TPSA) is 66.5 Å². The number of rotatable bonds is 3. The monoisotopic (exact) mass is 292 g/mol. The van der Waals surface area contributed by atoms with Crippen LogP contribution in [0.1, 0.15) is 19.8 Å². The highest BCUT2D eigenvalue weighted by molar-refractivity contribution is 8.01. The van der Waals surface area contributed by atoms with Crippen LogP contribution in [0.4, 0.5) is 0 Å². The molecular formula is C11H20N2O3S2. The highest BCUT2D eigenvalue weighted by Gasteiger charge is 2.38. The average Bonchev–Trinajstić information content (AvgIpc) is 2.92. The van der Waals surface area contributed by atoms with Crippen molar-refractivity contribution in [2.45, 2.75) is 31.2 Å². The summed E-state index contributed by atoms with van der Waals surface area (Å²) in [4.78, 5) is 13.9. The van der Waals surface area contributed by atoms with Crippen LogP contribution in [-0.4, -0.2) is 61.0 Å². The summed E-state index contributed by atoms with van der Waals surface area (Å²) >= 11 is 1.62. The van der Waals surface area contributed by atoms with Gasteiger partial charge in [-0.15, -0.1) is 0 Å². The van der Waals surface area contributed by atoms with Crippen LogP contribution in [0.5, 0.6) is 0 Å². The predicted molar refractivity (Wildman–Crippen MR) is 73.3 cm³/mol. The first kappa shape index (κ1) is 14.1. The zero-order valence-corrected chi connectivity index (χ0v) is 12.2. The molecule has 5 nitrogen and oxygen atoms in total. The molecule has 0 spiro atoms. The lowest BCUT2D eigenvalue weighted by molar-refractivity contribution is -0.133. The highest BCUT2D eigenvalue weighted by atomic mass is 32.2. The molecule has 1 unspecified atom stereocenters. The minimum atomic E-state index is -3.19. The van der Waals surface area contributed by atoms with Gasteiger partial charge >= 0.3 is 0 Å². The van der Waals surface area contributed by atoms with Gasteiger partial charge in [0.05, 0.1) is 6.04 Å². The molecule has 2 aliphatic heterocycles. The van der Waals surface area contributed by atoms with Gasteiger partial charge in [-0.2, -0.15) is 11.8 Å². The first-order valence-corrected chi connectivity index (χ1v) is 9.26. The van der Waals surface area contributed by atoms with Gasteiger partial charge in [0.2, 0.25) is 5.91 Å². The number of carbonyl (C=O) groups excluding carboxylic acids is 1. The Kier molecular flexibility index (Phi) is 4.55. The molecule has 0 aliphatic carbocycles. The molecule has 104 valence electrons. The molecule has 2 heterocycles. The van der Waals surface area contributed by atoms with Crippen LogP contribution in [0.3, 0.4) is 0 Å². The first-order valence-electron chi connectivity index (χ1n) is 6.39. The Balaban J connectivity index is 2.15. The molecule has 0 bridgehead atoms. The average molecular weight is 292 g/mol. The minimum absolute atomic E-state index is 0.0326. The lowest BCUT2D eigenvalue weighted by atomic mass is 10.2. The van der Waals surface area contributed by atoms with Crippen LogP contribution >= 0.6 is 11.8 Å². The van der Waals surface area contributed by atoms with E-state index in [-0.39, 0.29) is 17.7 Å². The van der Waals surface area contributed by atoms with E-state index in [9.17, 15) is 13.2 Å². The molecule has 1 amide bonds. The standard InChI is InChI=1S/C11H20N2O3S2/c1-2-18(15,16)10-8-17-7-6-13(10)11(14)9-4-3-5-12-9/h9-10,12H,2-8H2,1H3/t9-,10?/m1/s1. The Morgan fingerprint density at radius 3 is 2.89 bits per heavy atom. The minimum Gasteiger partial charge on any atom is -0.323 e. The lowest BCUT2D eigenvalue weighted by Gasteiger charge is -2.36. The van der Waals surface area contributed by atoms with Gasteiger partial charge in [0.15, 0.2) is 9.84 Å². The fourth-order valence-corrected chi connectivity index (χ4v) is 5.39. The number of nitrogens with one attached hydrogen (secondary N) is 1. The molecule has 2 rings (SSSR count). The van der Waals surface area contributed by atoms with Gasteiger partial charge in [-0.1, -0.05) is 6.92 Å². The maximum absolute atomic E-state index is 12.4. The van der Waals surface area contributed by atoms with Crippen molar-refractivity contribution in [1.29, 1.82) is 0 Å². The molecule has 0 radical (unpaired) electrons. The van der Waals surface area contributed by atoms with E-state index in [1.165, 1.54) is 0 Å². The Morgan fingerprint density at radius 2 is 2.28 bits per heavy atom. The largest absolute Gasteiger partial charge is 0.323 e. The Morgan fingerprint density at radius 1 is 1.50 bits per heavy atom. The molecule has 2 atom stereocenters. The van der Waals surface area contributed by atoms with Crippen molar-refractivity contribution in [3.8, 4) is 0 Å². The van der Waals surface area contributed by atoms with Gasteiger partial charge in [-0.25, -0.2) is 8.42 Å². The van der Waals surface area contributed by atoms with Crippen LogP contribution < -0.4 is 5.32 Å². The molecule has 7 heteroatoms. The summed E-state index contributed by atoms with van der Waals surface area (Å²) in [6.07, 6.45) is 1.81. The van der Waals surface area contributed by atoms with Crippen molar-refractivity contribution in [2.24, 2.45) is 0 Å². The van der Waals surface area contributed by atoms with E-state index in [1.807, 2.05) is 0 Å². The molecular weight excluding hydrogens is 272 g/mol. The number of sulfone groups is 1. The van der Waals surface area contributed by atoms with Crippen molar-refractivity contribution in [3.05, 3.63) is 0 Å². The van der Waals surface area contributed by atoms with Gasteiger partial charge in [-0.3, -0.25) is 4.79 Å². The SMILES string of the molecule is CCS(=O)(=O)C1CSCCN1C(=O)[C@H]1CCCN1. The number of amides is 1. The zero-order valence-electron chi connectivity index (χ0n) is 10.6. The molecule has 2 fully saturated rings. The highest BCUT2D eigenvalue weighted by Crippen LogP contribution is 2.23. The second-order valence-corrected chi connectivity index (χ2v) is 8.26. The second-order valence-electron chi connectivity index (χ2n) is 4.66. The summed E-state index contributed by atoms with van der Waals surface area (Å²) in [5.41, 5.74) is 0. The van der Waals surface area contributed by atoms with Crippen molar-refractivity contribution in [2.75, 3.05) is 30.3 Å². The van der Waals surface area contributed by atoms with Crippen LogP contribution in [0, 0.1) is 0 Å². The van der Waals surface area contributed by atoms with Gasteiger partial charge in [0.25, 0.3) is 0 Å². The number of nitrogens with zero attached hydrogens (tertiary/aromatic N) is 1. The van der Waals surface area contributed by atoms with Gasteiger partial charge < -0.3 is 10.2 Å². The third-order valence-corrected chi connectivity index (χ3v) is 6.83. The van der Waals surface area contributed by atoms with Crippen molar-refractivity contribution in [1.82, 2.24) is 10.2 Å². The summed E-state index contributed by atoms with van der Waals surface area (Å²) in [7, 11) is -3.19.